The van der Waals surface area contributed by atoms with Crippen LogP contribution in [-0.2, 0) is 16.0 Å². The summed E-state index contributed by atoms with van der Waals surface area (Å²) < 4.78 is 5.08. The molecule has 0 aliphatic carbocycles. The van der Waals surface area contributed by atoms with Gasteiger partial charge in [0, 0.05) is 25.2 Å². The van der Waals surface area contributed by atoms with Gasteiger partial charge in [-0.25, -0.2) is 0 Å². The minimum absolute atomic E-state index is 0.208. The molecule has 0 amide bonds. The van der Waals surface area contributed by atoms with Crippen LogP contribution in [0.3, 0.4) is 0 Å². The van der Waals surface area contributed by atoms with Crippen molar-refractivity contribution in [3.8, 4) is 0 Å². The van der Waals surface area contributed by atoms with Crippen molar-refractivity contribution in [2.45, 2.75) is 38.8 Å². The fourth-order valence-electron chi connectivity index (χ4n) is 4.48. The van der Waals surface area contributed by atoms with Gasteiger partial charge in [0.2, 0.25) is 0 Å². The Morgan fingerprint density at radius 3 is 2.84 bits per heavy atom. The lowest BCUT2D eigenvalue weighted by molar-refractivity contribution is -0.142. The van der Waals surface area contributed by atoms with E-state index in [-0.39, 0.29) is 18.4 Å². The number of hydrogen-bond acceptors (Lipinski definition) is 4. The fourth-order valence-corrected chi connectivity index (χ4v) is 4.71. The van der Waals surface area contributed by atoms with E-state index in [1.54, 1.807) is 0 Å². The third-order valence-corrected chi connectivity index (χ3v) is 6.29. The number of nitrogens with zero attached hydrogens (tertiary/aromatic N) is 1. The maximum absolute atomic E-state index is 11.9. The maximum atomic E-state index is 11.9. The van der Waals surface area contributed by atoms with Gasteiger partial charge in [-0.15, -0.1) is 0 Å². The zero-order chi connectivity index (χ0) is 21.8. The van der Waals surface area contributed by atoms with Crippen molar-refractivity contribution < 1.29 is 9.53 Å². The van der Waals surface area contributed by atoms with Gasteiger partial charge in [-0.2, -0.15) is 0 Å². The summed E-state index contributed by atoms with van der Waals surface area (Å²) in [6.45, 7) is 6.27. The summed E-state index contributed by atoms with van der Waals surface area (Å²) in [5.41, 5.74) is 3.25. The first-order chi connectivity index (χ1) is 15.0. The lowest BCUT2D eigenvalue weighted by atomic mass is 9.99. The summed E-state index contributed by atoms with van der Waals surface area (Å²) in [4.78, 5) is 14.2. The number of halogens is 1. The van der Waals surface area contributed by atoms with E-state index in [0.717, 1.165) is 35.8 Å². The Labute approximate surface area is 189 Å². The molecule has 162 valence electrons. The van der Waals surface area contributed by atoms with E-state index in [2.05, 4.69) is 59.6 Å². The number of rotatable bonds is 7. The molecule has 0 radical (unpaired) electrons. The van der Waals surface area contributed by atoms with E-state index in [4.69, 9.17) is 16.3 Å². The Hall–Kier alpha value is -2.56. The highest BCUT2D eigenvalue weighted by atomic mass is 35.5. The first-order valence-electron chi connectivity index (χ1n) is 11.0. The molecule has 5 heteroatoms. The van der Waals surface area contributed by atoms with E-state index >= 15 is 0 Å². The van der Waals surface area contributed by atoms with Crippen LogP contribution in [0.15, 0.2) is 60.7 Å². The molecule has 1 saturated heterocycles. The summed E-state index contributed by atoms with van der Waals surface area (Å²) in [6, 6.07) is 21.5. The van der Waals surface area contributed by atoms with Crippen molar-refractivity contribution in [2.75, 3.05) is 24.6 Å². The Morgan fingerprint density at radius 1 is 1.19 bits per heavy atom. The molecule has 1 aliphatic heterocycles. The van der Waals surface area contributed by atoms with Crippen molar-refractivity contribution in [2.24, 2.45) is 0 Å². The topological polar surface area (TPSA) is 41.6 Å². The predicted octanol–water partition coefficient (Wildman–Crippen LogP) is 5.53. The van der Waals surface area contributed by atoms with Crippen LogP contribution in [0.25, 0.3) is 10.8 Å². The molecular formula is C26H29ClN2O2. The Balaban J connectivity index is 1.44. The molecule has 4 rings (SSSR count). The molecule has 4 nitrogen and oxygen atoms in total. The van der Waals surface area contributed by atoms with E-state index in [1.165, 1.54) is 16.3 Å². The van der Waals surface area contributed by atoms with Crippen LogP contribution in [0, 0.1) is 0 Å². The summed E-state index contributed by atoms with van der Waals surface area (Å²) in [7, 11) is 0. The molecule has 3 aromatic rings. The van der Waals surface area contributed by atoms with Crippen LogP contribution < -0.4 is 10.2 Å². The molecular weight excluding hydrogens is 408 g/mol. The SMILES string of the molecule is CCOC(=O)Cc1ccc(Cl)c(N2CC[C@H](N[C@H](C)c3cccc4ccccc34)C2)c1. The van der Waals surface area contributed by atoms with Crippen LogP contribution in [0.5, 0.6) is 0 Å². The Kier molecular flexibility index (Phi) is 6.79. The predicted molar refractivity (Wildman–Crippen MR) is 128 cm³/mol. The Bertz CT molecular complexity index is 1060. The minimum atomic E-state index is -0.208. The molecule has 3 aromatic carbocycles. The number of benzene rings is 3. The van der Waals surface area contributed by atoms with E-state index < -0.39 is 0 Å². The smallest absolute Gasteiger partial charge is 0.310 e. The van der Waals surface area contributed by atoms with Crippen molar-refractivity contribution in [3.05, 3.63) is 76.8 Å². The zero-order valence-electron chi connectivity index (χ0n) is 18.1. The first-order valence-corrected chi connectivity index (χ1v) is 11.4. The second kappa shape index (κ2) is 9.71. The highest BCUT2D eigenvalue weighted by molar-refractivity contribution is 6.33. The number of esters is 1. The summed E-state index contributed by atoms with van der Waals surface area (Å²) in [6.07, 6.45) is 1.32. The molecule has 0 saturated carbocycles. The van der Waals surface area contributed by atoms with Crippen LogP contribution in [0.2, 0.25) is 5.02 Å². The monoisotopic (exact) mass is 436 g/mol. The zero-order valence-corrected chi connectivity index (χ0v) is 18.9. The molecule has 2 atom stereocenters. The van der Waals surface area contributed by atoms with Crippen LogP contribution in [0.4, 0.5) is 5.69 Å². The molecule has 0 unspecified atom stereocenters. The van der Waals surface area contributed by atoms with Crippen molar-refractivity contribution in [1.82, 2.24) is 5.32 Å². The largest absolute Gasteiger partial charge is 0.466 e. The number of hydrogen-bond donors (Lipinski definition) is 1. The number of fused-ring (bicyclic) bond motifs is 1. The Morgan fingerprint density at radius 2 is 2.00 bits per heavy atom. The third-order valence-electron chi connectivity index (χ3n) is 5.97. The first kappa shape index (κ1) is 21.7. The summed E-state index contributed by atoms with van der Waals surface area (Å²) in [5.74, 6) is -0.208. The van der Waals surface area contributed by atoms with Crippen molar-refractivity contribution in [1.29, 1.82) is 0 Å². The molecule has 1 aliphatic rings. The number of anilines is 1. The van der Waals surface area contributed by atoms with Crippen LogP contribution in [0.1, 0.15) is 37.4 Å². The number of nitrogens with one attached hydrogen (secondary N) is 1. The molecule has 0 spiro atoms. The quantitative estimate of drug-likeness (QED) is 0.494. The van der Waals surface area contributed by atoms with Crippen molar-refractivity contribution >= 4 is 34.0 Å². The molecule has 0 aromatic heterocycles. The molecule has 31 heavy (non-hydrogen) atoms. The lowest BCUT2D eigenvalue weighted by Gasteiger charge is -2.24. The summed E-state index contributed by atoms with van der Waals surface area (Å²) in [5, 5.41) is 7.10. The standard InChI is InChI=1S/C26H29ClN2O2/c1-3-31-26(30)16-19-11-12-24(27)25(15-19)29-14-13-21(17-29)28-18(2)22-10-6-8-20-7-4-5-9-23(20)22/h4-12,15,18,21,28H,3,13-14,16-17H2,1-2H3/t18-,21+/m1/s1. The van der Waals surface area contributed by atoms with Crippen LogP contribution >= 0.6 is 11.6 Å². The second-order valence-electron chi connectivity index (χ2n) is 8.16. The van der Waals surface area contributed by atoms with Gasteiger partial charge in [-0.1, -0.05) is 60.1 Å². The highest BCUT2D eigenvalue weighted by Crippen LogP contribution is 2.31. The fraction of sp³-hybridized carbons (Fsp3) is 0.346. The van der Waals surface area contributed by atoms with Gasteiger partial charge in [0.05, 0.1) is 23.7 Å². The van der Waals surface area contributed by atoms with Gasteiger partial charge >= 0.3 is 5.97 Å². The molecule has 1 heterocycles. The van der Waals surface area contributed by atoms with Crippen LogP contribution in [-0.4, -0.2) is 31.7 Å². The average Bonchev–Trinajstić information content (AvgIpc) is 3.23. The summed E-state index contributed by atoms with van der Waals surface area (Å²) >= 11 is 6.51. The third kappa shape index (κ3) is 5.03. The lowest BCUT2D eigenvalue weighted by Crippen LogP contribution is -2.34. The molecule has 0 bridgehead atoms. The van der Waals surface area contributed by atoms with Gasteiger partial charge in [-0.05, 0) is 54.3 Å². The maximum Gasteiger partial charge on any atom is 0.310 e. The van der Waals surface area contributed by atoms with E-state index in [1.807, 2.05) is 25.1 Å². The molecule has 1 N–H and O–H groups in total. The van der Waals surface area contributed by atoms with Crippen molar-refractivity contribution in [3.63, 3.8) is 0 Å². The normalized spacial score (nSPS) is 17.1. The highest BCUT2D eigenvalue weighted by Gasteiger charge is 2.26. The molecule has 1 fully saturated rings. The van der Waals surface area contributed by atoms with Gasteiger partial charge in [-0.3, -0.25) is 4.79 Å². The minimum Gasteiger partial charge on any atom is -0.466 e. The van der Waals surface area contributed by atoms with Gasteiger partial charge < -0.3 is 15.0 Å². The second-order valence-corrected chi connectivity index (χ2v) is 8.56. The van der Waals surface area contributed by atoms with Gasteiger partial charge in [0.1, 0.15) is 0 Å². The number of ether oxygens (including phenoxy) is 1. The van der Waals surface area contributed by atoms with Gasteiger partial charge in [0.25, 0.3) is 0 Å². The number of carbonyl (C=O) groups is 1. The number of carbonyl (C=O) groups excluding carboxylic acids is 1. The van der Waals surface area contributed by atoms with E-state index in [0.29, 0.717) is 12.6 Å². The van der Waals surface area contributed by atoms with Gasteiger partial charge in [0.15, 0.2) is 0 Å². The van der Waals surface area contributed by atoms with E-state index in [9.17, 15) is 4.79 Å². The average molecular weight is 437 g/mol.